The maximum absolute atomic E-state index is 10.8. The standard InChI is InChI=1S/C13H26O4Si/c1-5-7-11-18(15-3,16-4)12-9-8-10-17-13(14)6-2/h6H,2,5,7-12H2,1,3-4H3. The number of carbonyl (C=O) groups excluding carboxylic acids is 1. The summed E-state index contributed by atoms with van der Waals surface area (Å²) >= 11 is 0. The van der Waals surface area contributed by atoms with Crippen molar-refractivity contribution in [2.45, 2.75) is 44.7 Å². The van der Waals surface area contributed by atoms with Crippen LogP contribution in [-0.2, 0) is 18.4 Å². The van der Waals surface area contributed by atoms with Crippen LogP contribution in [0.1, 0.15) is 32.6 Å². The predicted molar refractivity (Wildman–Crippen MR) is 74.7 cm³/mol. The van der Waals surface area contributed by atoms with E-state index in [1.165, 1.54) is 6.08 Å². The van der Waals surface area contributed by atoms with Gasteiger partial charge in [0.25, 0.3) is 0 Å². The van der Waals surface area contributed by atoms with Gasteiger partial charge in [-0.25, -0.2) is 4.79 Å². The van der Waals surface area contributed by atoms with Crippen LogP contribution in [0.2, 0.25) is 12.1 Å². The summed E-state index contributed by atoms with van der Waals surface area (Å²) in [5.41, 5.74) is 0. The van der Waals surface area contributed by atoms with Crippen molar-refractivity contribution < 1.29 is 18.4 Å². The molecule has 0 aromatic carbocycles. The van der Waals surface area contributed by atoms with Gasteiger partial charge >= 0.3 is 14.5 Å². The van der Waals surface area contributed by atoms with Crippen molar-refractivity contribution in [1.29, 1.82) is 0 Å². The molecule has 18 heavy (non-hydrogen) atoms. The first-order valence-corrected chi connectivity index (χ1v) is 8.76. The minimum Gasteiger partial charge on any atom is -0.463 e. The Morgan fingerprint density at radius 3 is 2.28 bits per heavy atom. The van der Waals surface area contributed by atoms with Crippen LogP contribution in [0.3, 0.4) is 0 Å². The molecular weight excluding hydrogens is 248 g/mol. The van der Waals surface area contributed by atoms with Crippen molar-refractivity contribution in [3.05, 3.63) is 12.7 Å². The average molecular weight is 274 g/mol. The summed E-state index contributed by atoms with van der Waals surface area (Å²) in [7, 11) is 1.47. The molecule has 0 aromatic rings. The normalized spacial score (nSPS) is 11.3. The Hall–Kier alpha value is -0.653. The molecule has 0 aliphatic heterocycles. The molecule has 106 valence electrons. The predicted octanol–water partition coefficient (Wildman–Crippen LogP) is 3.03. The van der Waals surface area contributed by atoms with E-state index in [0.29, 0.717) is 6.61 Å². The van der Waals surface area contributed by atoms with E-state index in [1.807, 2.05) is 0 Å². The van der Waals surface area contributed by atoms with Crippen LogP contribution in [0, 0.1) is 0 Å². The van der Waals surface area contributed by atoms with E-state index in [0.717, 1.165) is 37.8 Å². The molecule has 0 bridgehead atoms. The Morgan fingerprint density at radius 2 is 1.78 bits per heavy atom. The van der Waals surface area contributed by atoms with E-state index in [1.54, 1.807) is 14.2 Å². The molecule has 0 rings (SSSR count). The summed E-state index contributed by atoms with van der Waals surface area (Å²) in [6, 6.07) is 1.98. The number of hydrogen-bond acceptors (Lipinski definition) is 4. The summed E-state index contributed by atoms with van der Waals surface area (Å²) in [6.07, 6.45) is 5.28. The molecule has 0 aromatic heterocycles. The van der Waals surface area contributed by atoms with Crippen LogP contribution in [0.5, 0.6) is 0 Å². The van der Waals surface area contributed by atoms with Crippen molar-refractivity contribution in [3.8, 4) is 0 Å². The van der Waals surface area contributed by atoms with Crippen LogP contribution < -0.4 is 0 Å². The van der Waals surface area contributed by atoms with Gasteiger partial charge in [-0.3, -0.25) is 0 Å². The molecule has 0 aliphatic rings. The van der Waals surface area contributed by atoms with Crippen LogP contribution in [0.25, 0.3) is 0 Å². The summed E-state index contributed by atoms with van der Waals surface area (Å²) in [6.45, 7) is 5.96. The van der Waals surface area contributed by atoms with Crippen LogP contribution >= 0.6 is 0 Å². The lowest BCUT2D eigenvalue weighted by Gasteiger charge is -2.27. The quantitative estimate of drug-likeness (QED) is 0.251. The van der Waals surface area contributed by atoms with Crippen LogP contribution in [-0.4, -0.2) is 35.4 Å². The monoisotopic (exact) mass is 274 g/mol. The molecule has 0 saturated carbocycles. The molecule has 0 spiro atoms. The van der Waals surface area contributed by atoms with E-state index in [4.69, 9.17) is 13.6 Å². The first kappa shape index (κ1) is 17.3. The summed E-state index contributed by atoms with van der Waals surface area (Å²) < 4.78 is 16.2. The van der Waals surface area contributed by atoms with Crippen LogP contribution in [0.4, 0.5) is 0 Å². The summed E-state index contributed by atoms with van der Waals surface area (Å²) in [5.74, 6) is -0.358. The molecule has 0 atom stereocenters. The van der Waals surface area contributed by atoms with Gasteiger partial charge in [-0.05, 0) is 24.9 Å². The van der Waals surface area contributed by atoms with E-state index < -0.39 is 8.56 Å². The van der Waals surface area contributed by atoms with Gasteiger partial charge in [0.05, 0.1) is 6.61 Å². The summed E-state index contributed by atoms with van der Waals surface area (Å²) in [5, 5.41) is 0. The Labute approximate surface area is 112 Å². The lowest BCUT2D eigenvalue weighted by Crippen LogP contribution is -2.39. The average Bonchev–Trinajstić information content (AvgIpc) is 2.42. The highest BCUT2D eigenvalue weighted by Crippen LogP contribution is 2.23. The van der Waals surface area contributed by atoms with Crippen molar-refractivity contribution in [1.82, 2.24) is 0 Å². The number of esters is 1. The number of ether oxygens (including phenoxy) is 1. The fraction of sp³-hybridized carbons (Fsp3) is 0.769. The Kier molecular flexibility index (Phi) is 9.91. The smallest absolute Gasteiger partial charge is 0.337 e. The number of unbranched alkanes of at least 4 members (excludes halogenated alkanes) is 2. The van der Waals surface area contributed by atoms with Crippen molar-refractivity contribution in [2.75, 3.05) is 20.8 Å². The minimum absolute atomic E-state index is 0.358. The van der Waals surface area contributed by atoms with Gasteiger partial charge in [0.15, 0.2) is 0 Å². The SMILES string of the molecule is C=CC(=O)OCCCC[Si](CCCC)(OC)OC. The molecule has 0 saturated heterocycles. The maximum Gasteiger partial charge on any atom is 0.337 e. The highest BCUT2D eigenvalue weighted by molar-refractivity contribution is 6.67. The zero-order chi connectivity index (χ0) is 13.9. The fourth-order valence-corrected chi connectivity index (χ4v) is 4.70. The second-order valence-electron chi connectivity index (χ2n) is 4.25. The molecule has 0 N–H and O–H groups in total. The van der Waals surface area contributed by atoms with Crippen molar-refractivity contribution in [2.24, 2.45) is 0 Å². The molecule has 0 aliphatic carbocycles. The Balaban J connectivity index is 3.89. The minimum atomic E-state index is -2.01. The van der Waals surface area contributed by atoms with Gasteiger partial charge in [0.1, 0.15) is 0 Å². The van der Waals surface area contributed by atoms with Crippen molar-refractivity contribution in [3.63, 3.8) is 0 Å². The molecule has 0 fully saturated rings. The third-order valence-electron chi connectivity index (χ3n) is 3.02. The molecule has 0 amide bonds. The van der Waals surface area contributed by atoms with Gasteiger partial charge in [-0.2, -0.15) is 0 Å². The highest BCUT2D eigenvalue weighted by atomic mass is 28.4. The number of hydrogen-bond donors (Lipinski definition) is 0. The third-order valence-corrected chi connectivity index (χ3v) is 6.74. The molecular formula is C13H26O4Si. The Bertz CT molecular complexity index is 239. The second-order valence-corrected chi connectivity index (χ2v) is 7.89. The first-order valence-electron chi connectivity index (χ1n) is 6.53. The fourth-order valence-electron chi connectivity index (χ4n) is 1.79. The van der Waals surface area contributed by atoms with E-state index >= 15 is 0 Å². The summed E-state index contributed by atoms with van der Waals surface area (Å²) in [4.78, 5) is 10.8. The molecule has 0 heterocycles. The zero-order valence-corrected chi connectivity index (χ0v) is 12.9. The van der Waals surface area contributed by atoms with Gasteiger partial charge in [-0.1, -0.05) is 26.3 Å². The van der Waals surface area contributed by atoms with E-state index in [-0.39, 0.29) is 5.97 Å². The van der Waals surface area contributed by atoms with E-state index in [9.17, 15) is 4.79 Å². The van der Waals surface area contributed by atoms with Crippen LogP contribution in [0.15, 0.2) is 12.7 Å². The third kappa shape index (κ3) is 6.93. The van der Waals surface area contributed by atoms with Gasteiger partial charge in [0.2, 0.25) is 0 Å². The molecule has 5 heteroatoms. The second kappa shape index (κ2) is 10.3. The number of rotatable bonds is 11. The Morgan fingerprint density at radius 1 is 1.17 bits per heavy atom. The lowest BCUT2D eigenvalue weighted by molar-refractivity contribution is -0.137. The molecule has 0 radical (unpaired) electrons. The highest BCUT2D eigenvalue weighted by Gasteiger charge is 2.33. The van der Waals surface area contributed by atoms with Crippen molar-refractivity contribution >= 4 is 14.5 Å². The van der Waals surface area contributed by atoms with Gasteiger partial charge in [-0.15, -0.1) is 0 Å². The number of carbonyl (C=O) groups is 1. The lowest BCUT2D eigenvalue weighted by atomic mass is 10.3. The molecule has 0 unspecified atom stereocenters. The maximum atomic E-state index is 10.8. The van der Waals surface area contributed by atoms with Gasteiger partial charge in [0, 0.05) is 20.3 Å². The molecule has 4 nitrogen and oxygen atoms in total. The van der Waals surface area contributed by atoms with E-state index in [2.05, 4.69) is 13.5 Å². The zero-order valence-electron chi connectivity index (χ0n) is 11.9. The van der Waals surface area contributed by atoms with Gasteiger partial charge < -0.3 is 13.6 Å². The topological polar surface area (TPSA) is 44.8 Å². The largest absolute Gasteiger partial charge is 0.463 e. The first-order chi connectivity index (χ1) is 8.64.